The minimum atomic E-state index is -0.161. The van der Waals surface area contributed by atoms with E-state index in [2.05, 4.69) is 18.8 Å². The van der Waals surface area contributed by atoms with Crippen molar-refractivity contribution in [3.05, 3.63) is 28.7 Å². The van der Waals surface area contributed by atoms with Crippen molar-refractivity contribution in [1.29, 1.82) is 0 Å². The Morgan fingerprint density at radius 2 is 2.31 bits per heavy atom. The average molecular weight is 181 g/mol. The zero-order chi connectivity index (χ0) is 9.68. The Morgan fingerprint density at radius 1 is 1.54 bits per heavy atom. The number of ether oxygens (including phenoxy) is 1. The molecular weight excluding hydrogens is 166 g/mol. The minimum Gasteiger partial charge on any atom is -0.488 e. The molecule has 13 heavy (non-hydrogen) atoms. The maximum Gasteiger partial charge on any atom is 0.290 e. The van der Waals surface area contributed by atoms with Gasteiger partial charge in [0.1, 0.15) is 0 Å². The lowest BCUT2D eigenvalue weighted by atomic mass is 10.1. The zero-order valence-corrected chi connectivity index (χ0v) is 8.04. The van der Waals surface area contributed by atoms with Crippen LogP contribution in [0.4, 0.5) is 0 Å². The lowest BCUT2D eigenvalue weighted by molar-refractivity contribution is 0.286. The summed E-state index contributed by atoms with van der Waals surface area (Å²) in [6.45, 7) is 4.85. The van der Waals surface area contributed by atoms with Crippen molar-refractivity contribution < 1.29 is 4.74 Å². The van der Waals surface area contributed by atoms with E-state index < -0.39 is 0 Å². The summed E-state index contributed by atoms with van der Waals surface area (Å²) in [4.78, 5) is 13.7. The van der Waals surface area contributed by atoms with Gasteiger partial charge >= 0.3 is 0 Å². The van der Waals surface area contributed by atoms with Crippen LogP contribution in [0.15, 0.2) is 23.1 Å². The first kappa shape index (κ1) is 9.84. The molecule has 1 heterocycles. The molecule has 0 aliphatic heterocycles. The van der Waals surface area contributed by atoms with Crippen molar-refractivity contribution in [1.82, 2.24) is 4.98 Å². The summed E-state index contributed by atoms with van der Waals surface area (Å²) in [7, 11) is 0. The Labute approximate surface area is 77.8 Å². The quantitative estimate of drug-likeness (QED) is 0.769. The summed E-state index contributed by atoms with van der Waals surface area (Å²) >= 11 is 0. The van der Waals surface area contributed by atoms with E-state index in [1.165, 1.54) is 0 Å². The summed E-state index contributed by atoms with van der Waals surface area (Å²) in [6.07, 6.45) is 2.56. The van der Waals surface area contributed by atoms with Gasteiger partial charge in [0.25, 0.3) is 5.56 Å². The third kappa shape index (κ3) is 3.32. The van der Waals surface area contributed by atoms with Crippen LogP contribution in [0.3, 0.4) is 0 Å². The van der Waals surface area contributed by atoms with Crippen LogP contribution in [0.5, 0.6) is 5.75 Å². The molecule has 1 rings (SSSR count). The highest BCUT2D eigenvalue weighted by Gasteiger charge is 1.99. The molecule has 3 heteroatoms. The Bertz CT molecular complexity index is 304. The predicted molar refractivity (Wildman–Crippen MR) is 52.0 cm³/mol. The highest BCUT2D eigenvalue weighted by molar-refractivity contribution is 5.15. The lowest BCUT2D eigenvalue weighted by Crippen LogP contribution is -2.11. The van der Waals surface area contributed by atoms with Crippen molar-refractivity contribution in [2.24, 2.45) is 5.92 Å². The van der Waals surface area contributed by atoms with Crippen LogP contribution in [-0.4, -0.2) is 11.6 Å². The molecule has 1 aromatic heterocycles. The molecule has 0 saturated heterocycles. The maximum absolute atomic E-state index is 11.1. The molecule has 0 spiro atoms. The summed E-state index contributed by atoms with van der Waals surface area (Å²) in [6, 6.07) is 3.44. The molecule has 0 unspecified atom stereocenters. The van der Waals surface area contributed by atoms with Gasteiger partial charge < -0.3 is 9.72 Å². The van der Waals surface area contributed by atoms with Crippen LogP contribution < -0.4 is 10.3 Å². The molecule has 72 valence electrons. The molecular formula is C10H15NO2. The van der Waals surface area contributed by atoms with Gasteiger partial charge in [0, 0.05) is 6.20 Å². The fraction of sp³-hybridized carbons (Fsp3) is 0.500. The average Bonchev–Trinajstić information content (AvgIpc) is 2.08. The van der Waals surface area contributed by atoms with E-state index in [4.69, 9.17) is 4.74 Å². The Morgan fingerprint density at radius 3 is 2.92 bits per heavy atom. The summed E-state index contributed by atoms with van der Waals surface area (Å²) in [5, 5.41) is 0. The van der Waals surface area contributed by atoms with Crippen molar-refractivity contribution in [2.45, 2.75) is 20.3 Å². The molecule has 1 N–H and O–H groups in total. The maximum atomic E-state index is 11.1. The van der Waals surface area contributed by atoms with Gasteiger partial charge in [-0.05, 0) is 24.5 Å². The van der Waals surface area contributed by atoms with Crippen LogP contribution in [0, 0.1) is 5.92 Å². The molecule has 0 aliphatic carbocycles. The van der Waals surface area contributed by atoms with Gasteiger partial charge in [-0.25, -0.2) is 0 Å². The van der Waals surface area contributed by atoms with Gasteiger partial charge in [0.15, 0.2) is 5.75 Å². The Balaban J connectivity index is 2.46. The number of pyridine rings is 1. The number of aromatic amines is 1. The number of hydrogen-bond acceptors (Lipinski definition) is 2. The summed E-state index contributed by atoms with van der Waals surface area (Å²) in [5.41, 5.74) is -0.161. The normalized spacial score (nSPS) is 10.4. The standard InChI is InChI=1S/C10H15NO2/c1-8(2)5-7-13-9-4-3-6-11-10(9)12/h3-4,6,8H,5,7H2,1-2H3,(H,11,12). The molecule has 3 nitrogen and oxygen atoms in total. The second-order valence-corrected chi connectivity index (χ2v) is 3.39. The molecule has 0 fully saturated rings. The second-order valence-electron chi connectivity index (χ2n) is 3.39. The largest absolute Gasteiger partial charge is 0.488 e. The van der Waals surface area contributed by atoms with Crippen LogP contribution in [0.25, 0.3) is 0 Å². The smallest absolute Gasteiger partial charge is 0.290 e. The van der Waals surface area contributed by atoms with E-state index in [9.17, 15) is 4.79 Å². The second kappa shape index (κ2) is 4.70. The number of hydrogen-bond donors (Lipinski definition) is 1. The third-order valence-corrected chi connectivity index (χ3v) is 1.73. The summed E-state index contributed by atoms with van der Waals surface area (Å²) in [5.74, 6) is 1.01. The van der Waals surface area contributed by atoms with E-state index in [1.54, 1.807) is 18.3 Å². The van der Waals surface area contributed by atoms with Gasteiger partial charge in [-0.15, -0.1) is 0 Å². The Kier molecular flexibility index (Phi) is 3.55. The van der Waals surface area contributed by atoms with Gasteiger partial charge in [-0.2, -0.15) is 0 Å². The molecule has 0 saturated carbocycles. The first-order valence-electron chi connectivity index (χ1n) is 4.50. The molecule has 0 atom stereocenters. The zero-order valence-electron chi connectivity index (χ0n) is 8.04. The highest BCUT2D eigenvalue weighted by atomic mass is 16.5. The van der Waals surface area contributed by atoms with E-state index in [1.807, 2.05) is 0 Å². The monoisotopic (exact) mass is 181 g/mol. The predicted octanol–water partition coefficient (Wildman–Crippen LogP) is 1.80. The summed E-state index contributed by atoms with van der Waals surface area (Å²) < 4.78 is 5.30. The topological polar surface area (TPSA) is 42.1 Å². The van der Waals surface area contributed by atoms with Crippen molar-refractivity contribution >= 4 is 0 Å². The molecule has 0 aromatic carbocycles. The van der Waals surface area contributed by atoms with Crippen molar-refractivity contribution in [3.8, 4) is 5.75 Å². The first-order chi connectivity index (χ1) is 6.20. The number of rotatable bonds is 4. The lowest BCUT2D eigenvalue weighted by Gasteiger charge is -2.06. The molecule has 1 aromatic rings. The number of H-pyrrole nitrogens is 1. The molecule has 0 amide bonds. The number of aromatic nitrogens is 1. The minimum absolute atomic E-state index is 0.161. The van der Waals surface area contributed by atoms with E-state index in [0.29, 0.717) is 18.3 Å². The number of nitrogens with one attached hydrogen (secondary N) is 1. The van der Waals surface area contributed by atoms with E-state index in [0.717, 1.165) is 6.42 Å². The van der Waals surface area contributed by atoms with Gasteiger partial charge in [-0.1, -0.05) is 13.8 Å². The van der Waals surface area contributed by atoms with Crippen LogP contribution in [0.1, 0.15) is 20.3 Å². The third-order valence-electron chi connectivity index (χ3n) is 1.73. The van der Waals surface area contributed by atoms with Gasteiger partial charge in [-0.3, -0.25) is 4.79 Å². The van der Waals surface area contributed by atoms with Crippen molar-refractivity contribution in [3.63, 3.8) is 0 Å². The SMILES string of the molecule is CC(C)CCOc1ccc[nH]c1=O. The first-order valence-corrected chi connectivity index (χ1v) is 4.50. The fourth-order valence-electron chi connectivity index (χ4n) is 0.924. The molecule has 0 radical (unpaired) electrons. The van der Waals surface area contributed by atoms with Gasteiger partial charge in [0.05, 0.1) is 6.61 Å². The van der Waals surface area contributed by atoms with Crippen LogP contribution in [-0.2, 0) is 0 Å². The fourth-order valence-corrected chi connectivity index (χ4v) is 0.924. The van der Waals surface area contributed by atoms with Crippen LogP contribution >= 0.6 is 0 Å². The van der Waals surface area contributed by atoms with E-state index in [-0.39, 0.29) is 5.56 Å². The van der Waals surface area contributed by atoms with E-state index >= 15 is 0 Å². The van der Waals surface area contributed by atoms with Crippen LogP contribution in [0.2, 0.25) is 0 Å². The molecule has 0 aliphatic rings. The van der Waals surface area contributed by atoms with Gasteiger partial charge in [0.2, 0.25) is 0 Å². The van der Waals surface area contributed by atoms with Crippen molar-refractivity contribution in [2.75, 3.05) is 6.61 Å². The Hall–Kier alpha value is -1.25. The molecule has 0 bridgehead atoms. The highest BCUT2D eigenvalue weighted by Crippen LogP contribution is 2.03.